The maximum absolute atomic E-state index is 15.1. The van der Waals surface area contributed by atoms with Crippen molar-refractivity contribution in [1.82, 2.24) is 25.5 Å². The summed E-state index contributed by atoms with van der Waals surface area (Å²) in [5.41, 5.74) is 0.478. The standard InChI is InChI=1S/C28H24F2N6O4/c1-17-7-13-23(39-17)26(28(38)31-15-19-9-11-20(29)12-10-19)36(22-6-4-3-5-21(22)30)25(37)16-35-33-27(32-34-35)24-14-8-18(2)40-24/h3-14,26H,15-16H2,1-2H3,(H,31,38)/t26-/m1/s1. The number of tetrazole rings is 1. The number of amides is 2. The number of aryl methyl sites for hydroxylation is 2. The summed E-state index contributed by atoms with van der Waals surface area (Å²) < 4.78 is 39.7. The van der Waals surface area contributed by atoms with Crippen LogP contribution < -0.4 is 10.2 Å². The van der Waals surface area contributed by atoms with Crippen LogP contribution in [-0.2, 0) is 22.7 Å². The van der Waals surface area contributed by atoms with Crippen molar-refractivity contribution >= 4 is 17.5 Å². The lowest BCUT2D eigenvalue weighted by atomic mass is 10.1. The largest absolute Gasteiger partial charge is 0.464 e. The van der Waals surface area contributed by atoms with Crippen molar-refractivity contribution in [3.05, 3.63) is 107 Å². The molecule has 0 aliphatic carbocycles. The first-order chi connectivity index (χ1) is 19.3. The molecule has 40 heavy (non-hydrogen) atoms. The number of nitrogens with one attached hydrogen (secondary N) is 1. The molecule has 0 radical (unpaired) electrons. The summed E-state index contributed by atoms with van der Waals surface area (Å²) >= 11 is 0. The molecule has 0 saturated heterocycles. The van der Waals surface area contributed by atoms with E-state index in [9.17, 15) is 14.0 Å². The van der Waals surface area contributed by atoms with Crippen LogP contribution in [0.4, 0.5) is 14.5 Å². The summed E-state index contributed by atoms with van der Waals surface area (Å²) in [5.74, 6) is -0.714. The molecule has 5 aromatic rings. The fraction of sp³-hybridized carbons (Fsp3) is 0.179. The summed E-state index contributed by atoms with van der Waals surface area (Å²) in [5, 5.41) is 14.8. The van der Waals surface area contributed by atoms with E-state index in [-0.39, 0.29) is 23.8 Å². The van der Waals surface area contributed by atoms with Gasteiger partial charge in [-0.2, -0.15) is 4.80 Å². The van der Waals surface area contributed by atoms with Crippen molar-refractivity contribution in [2.75, 3.05) is 4.90 Å². The molecule has 0 aliphatic rings. The Morgan fingerprint density at radius 1 is 0.950 bits per heavy atom. The van der Waals surface area contributed by atoms with Gasteiger partial charge in [0.05, 0.1) is 5.69 Å². The first-order valence-electron chi connectivity index (χ1n) is 12.3. The molecule has 0 fully saturated rings. The van der Waals surface area contributed by atoms with Gasteiger partial charge in [-0.05, 0) is 73.2 Å². The molecule has 2 aromatic carbocycles. The number of furan rings is 2. The summed E-state index contributed by atoms with van der Waals surface area (Å²) in [7, 11) is 0. The molecule has 204 valence electrons. The Balaban J connectivity index is 1.48. The Morgan fingerprint density at radius 2 is 1.68 bits per heavy atom. The molecule has 0 spiro atoms. The van der Waals surface area contributed by atoms with Gasteiger partial charge in [0.2, 0.25) is 5.82 Å². The van der Waals surface area contributed by atoms with Gasteiger partial charge in [-0.1, -0.05) is 24.3 Å². The third kappa shape index (κ3) is 5.80. The number of para-hydroxylation sites is 1. The second kappa shape index (κ2) is 11.3. The summed E-state index contributed by atoms with van der Waals surface area (Å²) in [6.07, 6.45) is 0. The molecule has 2 amide bonds. The van der Waals surface area contributed by atoms with Gasteiger partial charge in [0, 0.05) is 6.54 Å². The van der Waals surface area contributed by atoms with Gasteiger partial charge in [0.25, 0.3) is 11.8 Å². The minimum atomic E-state index is -1.39. The number of hydrogen-bond acceptors (Lipinski definition) is 7. The average Bonchev–Trinajstić information content (AvgIpc) is 3.69. The van der Waals surface area contributed by atoms with Crippen molar-refractivity contribution in [1.29, 1.82) is 0 Å². The lowest BCUT2D eigenvalue weighted by Gasteiger charge is -2.30. The monoisotopic (exact) mass is 546 g/mol. The highest BCUT2D eigenvalue weighted by atomic mass is 19.1. The minimum Gasteiger partial charge on any atom is -0.464 e. The SMILES string of the molecule is Cc1ccc(-c2nnn(CC(=O)N(c3ccccc3F)[C@@H](C(=O)NCc3ccc(F)cc3)c3ccc(C)o3)n2)o1. The molecule has 3 heterocycles. The summed E-state index contributed by atoms with van der Waals surface area (Å²) in [4.78, 5) is 29.5. The van der Waals surface area contributed by atoms with Gasteiger partial charge >= 0.3 is 0 Å². The highest BCUT2D eigenvalue weighted by Gasteiger charge is 2.36. The lowest BCUT2D eigenvalue weighted by molar-refractivity contribution is -0.127. The van der Waals surface area contributed by atoms with E-state index in [1.165, 1.54) is 42.5 Å². The molecule has 10 nitrogen and oxygen atoms in total. The minimum absolute atomic E-state index is 0.0329. The van der Waals surface area contributed by atoms with Gasteiger partial charge < -0.3 is 14.2 Å². The highest BCUT2D eigenvalue weighted by Crippen LogP contribution is 2.31. The van der Waals surface area contributed by atoms with Crippen LogP contribution in [-0.4, -0.2) is 32.0 Å². The third-order valence-electron chi connectivity index (χ3n) is 5.99. The van der Waals surface area contributed by atoms with Crippen LogP contribution in [0.2, 0.25) is 0 Å². The Labute approximate surface area is 227 Å². The Bertz CT molecular complexity index is 1640. The van der Waals surface area contributed by atoms with E-state index in [1.54, 1.807) is 44.2 Å². The molecule has 5 rings (SSSR count). The number of rotatable bonds is 9. The Morgan fingerprint density at radius 3 is 2.35 bits per heavy atom. The molecule has 0 aliphatic heterocycles. The van der Waals surface area contributed by atoms with Crippen LogP contribution >= 0.6 is 0 Å². The van der Waals surface area contributed by atoms with E-state index >= 15 is 4.39 Å². The molecule has 0 unspecified atom stereocenters. The smallest absolute Gasteiger partial charge is 0.251 e. The van der Waals surface area contributed by atoms with Crippen LogP contribution in [0.15, 0.2) is 81.6 Å². The van der Waals surface area contributed by atoms with E-state index in [0.29, 0.717) is 22.8 Å². The van der Waals surface area contributed by atoms with Crippen molar-refractivity contribution in [2.24, 2.45) is 0 Å². The second-order valence-corrected chi connectivity index (χ2v) is 8.96. The molecular formula is C28H24F2N6O4. The fourth-order valence-electron chi connectivity index (χ4n) is 4.09. The summed E-state index contributed by atoms with van der Waals surface area (Å²) in [6.45, 7) is 3.01. The zero-order valence-electron chi connectivity index (χ0n) is 21.5. The van der Waals surface area contributed by atoms with Crippen LogP contribution in [0.25, 0.3) is 11.6 Å². The zero-order valence-corrected chi connectivity index (χ0v) is 21.5. The number of carbonyl (C=O) groups is 2. The molecule has 1 N–H and O–H groups in total. The quantitative estimate of drug-likeness (QED) is 0.289. The van der Waals surface area contributed by atoms with Crippen LogP contribution in [0.3, 0.4) is 0 Å². The topological polar surface area (TPSA) is 119 Å². The zero-order chi connectivity index (χ0) is 28.2. The van der Waals surface area contributed by atoms with Gasteiger partial charge in [-0.3, -0.25) is 14.5 Å². The number of nitrogens with zero attached hydrogens (tertiary/aromatic N) is 5. The number of halogens is 2. The van der Waals surface area contributed by atoms with Crippen LogP contribution in [0.5, 0.6) is 0 Å². The van der Waals surface area contributed by atoms with Crippen LogP contribution in [0, 0.1) is 25.5 Å². The van der Waals surface area contributed by atoms with E-state index in [0.717, 1.165) is 9.70 Å². The van der Waals surface area contributed by atoms with Gasteiger partial charge in [0.15, 0.2) is 11.8 Å². The fourth-order valence-corrected chi connectivity index (χ4v) is 4.09. The highest BCUT2D eigenvalue weighted by molar-refractivity contribution is 6.01. The predicted molar refractivity (Wildman–Crippen MR) is 139 cm³/mol. The van der Waals surface area contributed by atoms with Gasteiger partial charge in [0.1, 0.15) is 35.5 Å². The lowest BCUT2D eigenvalue weighted by Crippen LogP contribution is -2.45. The molecule has 0 bridgehead atoms. The van der Waals surface area contributed by atoms with Crippen molar-refractivity contribution in [2.45, 2.75) is 33.0 Å². The second-order valence-electron chi connectivity index (χ2n) is 8.96. The first kappa shape index (κ1) is 26.5. The number of carbonyl (C=O) groups excluding carboxylic acids is 2. The third-order valence-corrected chi connectivity index (χ3v) is 5.99. The number of hydrogen-bond donors (Lipinski definition) is 1. The van der Waals surface area contributed by atoms with Gasteiger partial charge in [-0.25, -0.2) is 8.78 Å². The molecular weight excluding hydrogens is 522 g/mol. The van der Waals surface area contributed by atoms with Crippen LogP contribution in [0.1, 0.15) is 28.9 Å². The summed E-state index contributed by atoms with van der Waals surface area (Å²) in [6, 6.07) is 16.4. The number of aromatic nitrogens is 4. The molecule has 1 atom stereocenters. The number of benzene rings is 2. The normalized spacial score (nSPS) is 11.8. The van der Waals surface area contributed by atoms with Crippen molar-refractivity contribution in [3.8, 4) is 11.6 Å². The Kier molecular flexibility index (Phi) is 7.49. The van der Waals surface area contributed by atoms with Gasteiger partial charge in [-0.15, -0.1) is 10.2 Å². The number of anilines is 1. The van der Waals surface area contributed by atoms with E-state index in [1.807, 2.05) is 0 Å². The van der Waals surface area contributed by atoms with E-state index in [4.69, 9.17) is 8.83 Å². The van der Waals surface area contributed by atoms with Crippen molar-refractivity contribution < 1.29 is 27.2 Å². The predicted octanol–water partition coefficient (Wildman–Crippen LogP) is 4.51. The Hall–Kier alpha value is -5.13. The van der Waals surface area contributed by atoms with Crippen molar-refractivity contribution in [3.63, 3.8) is 0 Å². The molecule has 12 heteroatoms. The molecule has 3 aromatic heterocycles. The first-order valence-corrected chi connectivity index (χ1v) is 12.3. The van der Waals surface area contributed by atoms with E-state index < -0.39 is 36.0 Å². The van der Waals surface area contributed by atoms with E-state index in [2.05, 4.69) is 20.7 Å². The average molecular weight is 547 g/mol. The maximum Gasteiger partial charge on any atom is 0.251 e. The maximum atomic E-state index is 15.1. The molecule has 0 saturated carbocycles.